The summed E-state index contributed by atoms with van der Waals surface area (Å²) >= 11 is 11.8. The van der Waals surface area contributed by atoms with E-state index in [4.69, 9.17) is 37.4 Å². The van der Waals surface area contributed by atoms with Gasteiger partial charge in [0.15, 0.2) is 6.61 Å². The number of carbonyl (C=O) groups is 1. The van der Waals surface area contributed by atoms with Gasteiger partial charge in [-0.1, -0.05) is 23.2 Å². The number of amides is 1. The standard InChI is InChI=1S/C18H18Cl2N2O4/c1-11(14-6-5-13(24-2)9-17(14)25-3)21-22-18(23)10-26-16-7-4-12(19)8-15(16)20/h4-9H,10H2,1-3H3,(H,22,23). The molecule has 0 aliphatic heterocycles. The van der Waals surface area contributed by atoms with Crippen molar-refractivity contribution < 1.29 is 19.0 Å². The van der Waals surface area contributed by atoms with Crippen LogP contribution in [0.3, 0.4) is 0 Å². The third-order valence-corrected chi connectivity index (χ3v) is 3.93. The van der Waals surface area contributed by atoms with E-state index in [0.29, 0.717) is 33.0 Å². The second-order valence-electron chi connectivity index (χ2n) is 5.16. The van der Waals surface area contributed by atoms with Crippen molar-refractivity contribution in [1.29, 1.82) is 0 Å². The molecule has 0 bridgehead atoms. The average Bonchev–Trinajstić information content (AvgIpc) is 2.64. The number of halogens is 2. The Balaban J connectivity index is 1.98. The van der Waals surface area contributed by atoms with E-state index in [9.17, 15) is 4.79 Å². The number of hydrogen-bond donors (Lipinski definition) is 1. The van der Waals surface area contributed by atoms with Gasteiger partial charge in [0.2, 0.25) is 0 Å². The molecule has 8 heteroatoms. The first-order valence-electron chi connectivity index (χ1n) is 7.58. The molecular weight excluding hydrogens is 379 g/mol. The van der Waals surface area contributed by atoms with Crippen LogP contribution in [-0.2, 0) is 4.79 Å². The van der Waals surface area contributed by atoms with Gasteiger partial charge < -0.3 is 14.2 Å². The molecule has 0 unspecified atom stereocenters. The highest BCUT2D eigenvalue weighted by Gasteiger charge is 2.10. The summed E-state index contributed by atoms with van der Waals surface area (Å²) in [6, 6.07) is 10.1. The molecule has 6 nitrogen and oxygen atoms in total. The quantitative estimate of drug-likeness (QED) is 0.568. The molecule has 0 saturated carbocycles. The molecule has 0 radical (unpaired) electrons. The van der Waals surface area contributed by atoms with Gasteiger partial charge in [0.1, 0.15) is 17.2 Å². The minimum Gasteiger partial charge on any atom is -0.497 e. The molecule has 0 heterocycles. The smallest absolute Gasteiger partial charge is 0.277 e. The van der Waals surface area contributed by atoms with Crippen molar-refractivity contribution in [3.63, 3.8) is 0 Å². The van der Waals surface area contributed by atoms with Gasteiger partial charge >= 0.3 is 0 Å². The van der Waals surface area contributed by atoms with Crippen molar-refractivity contribution in [1.82, 2.24) is 5.43 Å². The second kappa shape index (κ2) is 9.31. The molecule has 1 amide bonds. The Morgan fingerprint density at radius 2 is 1.85 bits per heavy atom. The van der Waals surface area contributed by atoms with Crippen LogP contribution < -0.4 is 19.6 Å². The van der Waals surface area contributed by atoms with Crippen LogP contribution in [0.2, 0.25) is 10.0 Å². The number of nitrogens with zero attached hydrogens (tertiary/aromatic N) is 1. The highest BCUT2D eigenvalue weighted by molar-refractivity contribution is 6.35. The first-order valence-corrected chi connectivity index (χ1v) is 8.33. The molecule has 0 saturated heterocycles. The Hall–Kier alpha value is -2.44. The van der Waals surface area contributed by atoms with Gasteiger partial charge in [0.05, 0.1) is 25.0 Å². The van der Waals surface area contributed by atoms with E-state index in [1.807, 2.05) is 0 Å². The summed E-state index contributed by atoms with van der Waals surface area (Å²) in [7, 11) is 3.12. The van der Waals surface area contributed by atoms with E-state index < -0.39 is 5.91 Å². The number of hydrogen-bond acceptors (Lipinski definition) is 5. The predicted molar refractivity (Wildman–Crippen MR) is 102 cm³/mol. The van der Waals surface area contributed by atoms with Gasteiger partial charge in [-0.25, -0.2) is 5.43 Å². The predicted octanol–water partition coefficient (Wildman–Crippen LogP) is 3.93. The Morgan fingerprint density at radius 3 is 2.50 bits per heavy atom. The summed E-state index contributed by atoms with van der Waals surface area (Å²) in [5, 5.41) is 4.88. The summed E-state index contributed by atoms with van der Waals surface area (Å²) in [5.41, 5.74) is 3.73. The van der Waals surface area contributed by atoms with Gasteiger partial charge in [-0.2, -0.15) is 5.10 Å². The number of methoxy groups -OCH3 is 2. The third kappa shape index (κ3) is 5.28. The van der Waals surface area contributed by atoms with E-state index in [0.717, 1.165) is 5.56 Å². The third-order valence-electron chi connectivity index (χ3n) is 3.40. The molecule has 0 fully saturated rings. The molecule has 0 atom stereocenters. The molecule has 138 valence electrons. The number of carbonyl (C=O) groups excluding carboxylic acids is 1. The Morgan fingerprint density at radius 1 is 1.08 bits per heavy atom. The van der Waals surface area contributed by atoms with Crippen LogP contribution in [-0.4, -0.2) is 32.4 Å². The van der Waals surface area contributed by atoms with Crippen LogP contribution in [0.15, 0.2) is 41.5 Å². The van der Waals surface area contributed by atoms with Crippen molar-refractivity contribution in [3.8, 4) is 17.2 Å². The zero-order valence-electron chi connectivity index (χ0n) is 14.5. The minimum absolute atomic E-state index is 0.238. The fourth-order valence-electron chi connectivity index (χ4n) is 2.07. The molecule has 2 aromatic rings. The molecule has 0 aliphatic rings. The van der Waals surface area contributed by atoms with Gasteiger partial charge in [0, 0.05) is 16.7 Å². The maximum atomic E-state index is 11.9. The first kappa shape index (κ1) is 19.9. The van der Waals surface area contributed by atoms with E-state index in [-0.39, 0.29) is 6.61 Å². The lowest BCUT2D eigenvalue weighted by Crippen LogP contribution is -2.25. The van der Waals surface area contributed by atoms with Crippen LogP contribution in [0.1, 0.15) is 12.5 Å². The van der Waals surface area contributed by atoms with Gasteiger partial charge in [-0.3, -0.25) is 4.79 Å². The summed E-state index contributed by atoms with van der Waals surface area (Å²) in [4.78, 5) is 11.9. The van der Waals surface area contributed by atoms with Crippen LogP contribution in [0.4, 0.5) is 0 Å². The molecule has 0 aromatic heterocycles. The molecule has 0 aliphatic carbocycles. The zero-order chi connectivity index (χ0) is 19.1. The van der Waals surface area contributed by atoms with Gasteiger partial charge in [0.25, 0.3) is 5.91 Å². The van der Waals surface area contributed by atoms with Crippen molar-refractivity contribution in [3.05, 3.63) is 52.0 Å². The van der Waals surface area contributed by atoms with Gasteiger partial charge in [-0.15, -0.1) is 0 Å². The monoisotopic (exact) mass is 396 g/mol. The summed E-state index contributed by atoms with van der Waals surface area (Å²) in [6.07, 6.45) is 0. The van der Waals surface area contributed by atoms with Gasteiger partial charge in [-0.05, 0) is 37.3 Å². The largest absolute Gasteiger partial charge is 0.497 e. The number of nitrogens with one attached hydrogen (secondary N) is 1. The van der Waals surface area contributed by atoms with E-state index >= 15 is 0 Å². The topological polar surface area (TPSA) is 69.2 Å². The zero-order valence-corrected chi connectivity index (χ0v) is 16.0. The number of rotatable bonds is 7. The minimum atomic E-state index is -0.428. The fraction of sp³-hybridized carbons (Fsp3) is 0.222. The Labute approximate surface area is 161 Å². The Bertz CT molecular complexity index is 825. The number of benzene rings is 2. The molecular formula is C18H18Cl2N2O4. The van der Waals surface area contributed by atoms with E-state index in [1.165, 1.54) is 6.07 Å². The van der Waals surface area contributed by atoms with Crippen LogP contribution in [0.25, 0.3) is 0 Å². The van der Waals surface area contributed by atoms with E-state index in [1.54, 1.807) is 51.5 Å². The van der Waals surface area contributed by atoms with Crippen molar-refractivity contribution in [2.24, 2.45) is 5.10 Å². The fourth-order valence-corrected chi connectivity index (χ4v) is 2.53. The maximum Gasteiger partial charge on any atom is 0.277 e. The summed E-state index contributed by atoms with van der Waals surface area (Å²) in [5.74, 6) is 1.19. The lowest BCUT2D eigenvalue weighted by Gasteiger charge is -2.10. The highest BCUT2D eigenvalue weighted by atomic mass is 35.5. The summed E-state index contributed by atoms with van der Waals surface area (Å²) < 4.78 is 15.8. The second-order valence-corrected chi connectivity index (χ2v) is 6.01. The number of hydrazone groups is 1. The van der Waals surface area contributed by atoms with Crippen LogP contribution >= 0.6 is 23.2 Å². The molecule has 2 aromatic carbocycles. The molecule has 0 spiro atoms. The Kier molecular flexibility index (Phi) is 7.12. The molecule has 1 N–H and O–H groups in total. The SMILES string of the molecule is COc1ccc(C(C)=NNC(=O)COc2ccc(Cl)cc2Cl)c(OC)c1. The van der Waals surface area contributed by atoms with Crippen molar-refractivity contribution >= 4 is 34.8 Å². The highest BCUT2D eigenvalue weighted by Crippen LogP contribution is 2.27. The average molecular weight is 397 g/mol. The van der Waals surface area contributed by atoms with E-state index in [2.05, 4.69) is 10.5 Å². The first-order chi connectivity index (χ1) is 12.4. The lowest BCUT2D eigenvalue weighted by molar-refractivity contribution is -0.123. The van der Waals surface area contributed by atoms with Crippen LogP contribution in [0, 0.1) is 0 Å². The molecule has 26 heavy (non-hydrogen) atoms. The van der Waals surface area contributed by atoms with Crippen molar-refractivity contribution in [2.45, 2.75) is 6.92 Å². The lowest BCUT2D eigenvalue weighted by atomic mass is 10.1. The molecule has 2 rings (SSSR count). The van der Waals surface area contributed by atoms with Crippen molar-refractivity contribution in [2.75, 3.05) is 20.8 Å². The summed E-state index contributed by atoms with van der Waals surface area (Å²) in [6.45, 7) is 1.51. The normalized spacial score (nSPS) is 11.0. The van der Waals surface area contributed by atoms with Crippen LogP contribution in [0.5, 0.6) is 17.2 Å². The maximum absolute atomic E-state index is 11.9. The number of ether oxygens (including phenoxy) is 3.